The highest BCUT2D eigenvalue weighted by molar-refractivity contribution is 6.32. The van der Waals surface area contributed by atoms with Crippen LogP contribution in [0.25, 0.3) is 0 Å². The molecule has 0 aromatic carbocycles. The number of rotatable bonds is 3. The Bertz CT molecular complexity index is 616. The molecule has 0 unspecified atom stereocenters. The van der Waals surface area contributed by atoms with Gasteiger partial charge in [-0.05, 0) is 6.07 Å². The molecule has 10 heteroatoms. The van der Waals surface area contributed by atoms with Gasteiger partial charge in [0, 0.05) is 32.4 Å². The van der Waals surface area contributed by atoms with Gasteiger partial charge in [0.1, 0.15) is 5.15 Å². The van der Waals surface area contributed by atoms with E-state index in [2.05, 4.69) is 4.98 Å². The number of aromatic nitrogens is 1. The van der Waals surface area contributed by atoms with Gasteiger partial charge in [-0.15, -0.1) is 0 Å². The summed E-state index contributed by atoms with van der Waals surface area (Å²) in [6.45, 7) is 1.41. The van der Waals surface area contributed by atoms with Crippen LogP contribution in [-0.2, 0) is 11.0 Å². The zero-order valence-electron chi connectivity index (χ0n) is 11.9. The number of pyridine rings is 1. The minimum absolute atomic E-state index is 0.0773. The largest absolute Gasteiger partial charge is 0.417 e. The highest BCUT2D eigenvalue weighted by Gasteiger charge is 2.33. The van der Waals surface area contributed by atoms with E-state index in [0.29, 0.717) is 25.4 Å². The lowest BCUT2D eigenvalue weighted by atomic mass is 10.1. The number of nitrogens with zero attached hydrogens (tertiary/aromatic N) is 3. The third kappa shape index (κ3) is 4.32. The van der Waals surface area contributed by atoms with Crippen molar-refractivity contribution in [3.05, 3.63) is 28.5 Å². The molecule has 1 saturated heterocycles. The highest BCUT2D eigenvalue weighted by atomic mass is 35.5. The van der Waals surface area contributed by atoms with Gasteiger partial charge in [0.15, 0.2) is 0 Å². The second-order valence-electron chi connectivity index (χ2n) is 5.09. The van der Waals surface area contributed by atoms with Crippen LogP contribution in [-0.4, -0.2) is 59.3 Å². The third-order valence-corrected chi connectivity index (χ3v) is 3.74. The number of primary amides is 1. The van der Waals surface area contributed by atoms with Crippen molar-refractivity contribution in [2.75, 3.05) is 32.7 Å². The molecule has 2 heterocycles. The number of alkyl halides is 3. The SMILES string of the molecule is NC(=O)CN1CCN(C(=O)c2cc(C(F)(F)F)cnc2Cl)CC1. The maximum Gasteiger partial charge on any atom is 0.417 e. The Morgan fingerprint density at radius 1 is 1.26 bits per heavy atom. The lowest BCUT2D eigenvalue weighted by molar-refractivity contribution is -0.137. The Morgan fingerprint density at radius 2 is 1.87 bits per heavy atom. The molecular formula is C13H14ClF3N4O2. The summed E-state index contributed by atoms with van der Waals surface area (Å²) in [5.41, 5.74) is 3.78. The fourth-order valence-electron chi connectivity index (χ4n) is 2.25. The molecule has 0 aliphatic carbocycles. The van der Waals surface area contributed by atoms with Gasteiger partial charge in [-0.25, -0.2) is 4.98 Å². The number of halogens is 4. The lowest BCUT2D eigenvalue weighted by Gasteiger charge is -2.34. The summed E-state index contributed by atoms with van der Waals surface area (Å²) in [7, 11) is 0. The van der Waals surface area contributed by atoms with E-state index < -0.39 is 23.6 Å². The molecule has 2 amide bonds. The van der Waals surface area contributed by atoms with Gasteiger partial charge in [0.05, 0.1) is 17.7 Å². The van der Waals surface area contributed by atoms with E-state index >= 15 is 0 Å². The maximum absolute atomic E-state index is 12.7. The summed E-state index contributed by atoms with van der Waals surface area (Å²) in [5.74, 6) is -1.10. The van der Waals surface area contributed by atoms with Crippen LogP contribution in [0.15, 0.2) is 12.3 Å². The summed E-state index contributed by atoms with van der Waals surface area (Å²) >= 11 is 5.76. The van der Waals surface area contributed by atoms with Crippen molar-refractivity contribution < 1.29 is 22.8 Å². The van der Waals surface area contributed by atoms with E-state index in [1.807, 2.05) is 0 Å². The van der Waals surface area contributed by atoms with Crippen LogP contribution < -0.4 is 5.73 Å². The zero-order chi connectivity index (χ0) is 17.2. The van der Waals surface area contributed by atoms with Gasteiger partial charge in [0.25, 0.3) is 5.91 Å². The van der Waals surface area contributed by atoms with Crippen LogP contribution >= 0.6 is 11.6 Å². The predicted molar refractivity (Wildman–Crippen MR) is 75.8 cm³/mol. The van der Waals surface area contributed by atoms with Crippen molar-refractivity contribution in [1.82, 2.24) is 14.8 Å². The molecule has 0 saturated carbocycles. The molecule has 0 spiro atoms. The van der Waals surface area contributed by atoms with Gasteiger partial charge in [-0.2, -0.15) is 13.2 Å². The predicted octanol–water partition coefficient (Wildman–Crippen LogP) is 0.997. The van der Waals surface area contributed by atoms with Crippen molar-refractivity contribution in [2.24, 2.45) is 5.73 Å². The normalized spacial score (nSPS) is 16.4. The van der Waals surface area contributed by atoms with Gasteiger partial charge < -0.3 is 10.6 Å². The molecule has 2 rings (SSSR count). The van der Waals surface area contributed by atoms with Crippen LogP contribution in [0, 0.1) is 0 Å². The molecule has 0 radical (unpaired) electrons. The fourth-order valence-corrected chi connectivity index (χ4v) is 2.44. The molecule has 23 heavy (non-hydrogen) atoms. The topological polar surface area (TPSA) is 79.5 Å². The minimum atomic E-state index is -4.60. The highest BCUT2D eigenvalue weighted by Crippen LogP contribution is 2.31. The Morgan fingerprint density at radius 3 is 2.39 bits per heavy atom. The molecule has 126 valence electrons. The molecule has 0 bridgehead atoms. The van der Waals surface area contributed by atoms with E-state index in [9.17, 15) is 22.8 Å². The molecule has 1 aromatic heterocycles. The number of hydrogen-bond acceptors (Lipinski definition) is 4. The minimum Gasteiger partial charge on any atom is -0.369 e. The van der Waals surface area contributed by atoms with Crippen molar-refractivity contribution in [3.63, 3.8) is 0 Å². The first-order valence-electron chi connectivity index (χ1n) is 6.71. The first kappa shape index (κ1) is 17.5. The van der Waals surface area contributed by atoms with Crippen LogP contribution in [0.5, 0.6) is 0 Å². The summed E-state index contributed by atoms with van der Waals surface area (Å²) < 4.78 is 38.2. The monoisotopic (exact) mass is 350 g/mol. The molecule has 1 fully saturated rings. The third-order valence-electron chi connectivity index (χ3n) is 3.44. The van der Waals surface area contributed by atoms with Gasteiger partial charge in [-0.3, -0.25) is 14.5 Å². The number of nitrogens with two attached hydrogens (primary N) is 1. The number of piperazine rings is 1. The first-order chi connectivity index (χ1) is 10.7. The Labute approximate surface area is 135 Å². The van der Waals surface area contributed by atoms with E-state index in [-0.39, 0.29) is 30.4 Å². The molecule has 2 N–H and O–H groups in total. The quantitative estimate of drug-likeness (QED) is 0.825. The molecule has 0 atom stereocenters. The van der Waals surface area contributed by atoms with Crippen molar-refractivity contribution in [2.45, 2.75) is 6.18 Å². The molecule has 1 aliphatic rings. The molecule has 1 aromatic rings. The smallest absolute Gasteiger partial charge is 0.369 e. The van der Waals surface area contributed by atoms with Crippen molar-refractivity contribution >= 4 is 23.4 Å². The number of carbonyl (C=O) groups excluding carboxylic acids is 2. The Hall–Kier alpha value is -1.87. The van der Waals surface area contributed by atoms with Crippen molar-refractivity contribution in [3.8, 4) is 0 Å². The summed E-state index contributed by atoms with van der Waals surface area (Å²) in [6, 6.07) is 0.702. The molecule has 1 aliphatic heterocycles. The Kier molecular flexibility index (Phi) is 5.10. The Balaban J connectivity index is 2.11. The van der Waals surface area contributed by atoms with Gasteiger partial charge in [-0.1, -0.05) is 11.6 Å². The zero-order valence-corrected chi connectivity index (χ0v) is 12.7. The van der Waals surface area contributed by atoms with Crippen LogP contribution in [0.1, 0.15) is 15.9 Å². The average molecular weight is 351 g/mol. The summed E-state index contributed by atoms with van der Waals surface area (Å²) in [5, 5.41) is -0.275. The lowest BCUT2D eigenvalue weighted by Crippen LogP contribution is -2.50. The second-order valence-corrected chi connectivity index (χ2v) is 5.45. The van der Waals surface area contributed by atoms with Crippen LogP contribution in [0.4, 0.5) is 13.2 Å². The van der Waals surface area contributed by atoms with E-state index in [0.717, 1.165) is 0 Å². The molecule has 6 nitrogen and oxygen atoms in total. The first-order valence-corrected chi connectivity index (χ1v) is 7.09. The van der Waals surface area contributed by atoms with Gasteiger partial charge in [0.2, 0.25) is 5.91 Å². The maximum atomic E-state index is 12.7. The molecular weight excluding hydrogens is 337 g/mol. The van der Waals surface area contributed by atoms with Crippen LogP contribution in [0.3, 0.4) is 0 Å². The second kappa shape index (κ2) is 6.71. The standard InChI is InChI=1S/C13H14ClF3N4O2/c14-11-9(5-8(6-19-11)13(15,16)17)12(23)21-3-1-20(2-4-21)7-10(18)22/h5-6H,1-4,7H2,(H2,18,22). The van der Waals surface area contributed by atoms with Gasteiger partial charge >= 0.3 is 6.18 Å². The fraction of sp³-hybridized carbons (Fsp3) is 0.462. The van der Waals surface area contributed by atoms with E-state index in [4.69, 9.17) is 17.3 Å². The van der Waals surface area contributed by atoms with E-state index in [1.54, 1.807) is 4.90 Å². The number of amides is 2. The van der Waals surface area contributed by atoms with E-state index in [1.165, 1.54) is 4.90 Å². The number of carbonyl (C=O) groups is 2. The summed E-state index contributed by atoms with van der Waals surface area (Å²) in [4.78, 5) is 29.8. The summed E-state index contributed by atoms with van der Waals surface area (Å²) in [6.07, 6.45) is -4.02. The van der Waals surface area contributed by atoms with Crippen LogP contribution in [0.2, 0.25) is 5.15 Å². The number of hydrogen-bond donors (Lipinski definition) is 1. The van der Waals surface area contributed by atoms with Crippen molar-refractivity contribution in [1.29, 1.82) is 0 Å². The average Bonchev–Trinajstić information content (AvgIpc) is 2.46.